The monoisotopic (exact) mass is 330 g/mol. The van der Waals surface area contributed by atoms with Crippen molar-refractivity contribution in [2.75, 3.05) is 13.1 Å². The van der Waals surface area contributed by atoms with Gasteiger partial charge in [0.15, 0.2) is 0 Å². The highest BCUT2D eigenvalue weighted by atomic mass is 35.5. The van der Waals surface area contributed by atoms with Gasteiger partial charge < -0.3 is 10.6 Å². The molecule has 1 heterocycles. The molecule has 1 saturated heterocycles. The van der Waals surface area contributed by atoms with Gasteiger partial charge in [-0.1, -0.05) is 0 Å². The Morgan fingerprint density at radius 3 is 2.73 bits per heavy atom. The Bertz CT molecular complexity index is 569. The van der Waals surface area contributed by atoms with E-state index in [0.29, 0.717) is 31.0 Å². The summed E-state index contributed by atoms with van der Waals surface area (Å²) in [5.74, 6) is -0.856. The number of nitrogens with zero attached hydrogens (tertiary/aromatic N) is 1. The molecule has 2 N–H and O–H groups in total. The van der Waals surface area contributed by atoms with Crippen molar-refractivity contribution in [1.29, 1.82) is 0 Å². The molecule has 1 saturated carbocycles. The van der Waals surface area contributed by atoms with Gasteiger partial charge in [0, 0.05) is 18.5 Å². The summed E-state index contributed by atoms with van der Waals surface area (Å²) in [5.41, 5.74) is 6.01. The van der Waals surface area contributed by atoms with Gasteiger partial charge in [0.25, 0.3) is 0 Å². The molecule has 1 amide bonds. The minimum absolute atomic E-state index is 0. The molecule has 0 aromatic heterocycles. The standard InChI is InChI=1S/C16H20F2N2O.ClH/c1-9-4-10(7-19)8-20(9)16(21)14-6-12(14)13-5-11(17)2-3-15(13)18;/h2-3,5,9-10,12,14H,4,6-8,19H2,1H3;1H. The van der Waals surface area contributed by atoms with Gasteiger partial charge in [0.05, 0.1) is 0 Å². The number of amides is 1. The van der Waals surface area contributed by atoms with Crippen LogP contribution in [-0.2, 0) is 4.79 Å². The largest absolute Gasteiger partial charge is 0.339 e. The zero-order valence-corrected chi connectivity index (χ0v) is 13.3. The van der Waals surface area contributed by atoms with Crippen LogP contribution in [0.4, 0.5) is 8.78 Å². The van der Waals surface area contributed by atoms with Crippen molar-refractivity contribution in [2.45, 2.75) is 31.7 Å². The van der Waals surface area contributed by atoms with E-state index in [4.69, 9.17) is 5.73 Å². The summed E-state index contributed by atoms with van der Waals surface area (Å²) in [6.45, 7) is 3.29. The lowest BCUT2D eigenvalue weighted by Crippen LogP contribution is -2.35. The maximum Gasteiger partial charge on any atom is 0.226 e. The Morgan fingerprint density at radius 1 is 1.36 bits per heavy atom. The Kier molecular flexibility index (Phi) is 5.07. The first-order valence-electron chi connectivity index (χ1n) is 7.46. The maximum atomic E-state index is 13.8. The topological polar surface area (TPSA) is 46.3 Å². The predicted octanol–water partition coefficient (Wildman–Crippen LogP) is 2.69. The summed E-state index contributed by atoms with van der Waals surface area (Å²) >= 11 is 0. The van der Waals surface area contributed by atoms with Crippen molar-refractivity contribution < 1.29 is 13.6 Å². The molecule has 22 heavy (non-hydrogen) atoms. The van der Waals surface area contributed by atoms with E-state index < -0.39 is 11.6 Å². The number of benzene rings is 1. The van der Waals surface area contributed by atoms with E-state index in [9.17, 15) is 13.6 Å². The van der Waals surface area contributed by atoms with Crippen LogP contribution in [0.1, 0.15) is 31.2 Å². The van der Waals surface area contributed by atoms with E-state index in [1.54, 1.807) is 0 Å². The van der Waals surface area contributed by atoms with Crippen molar-refractivity contribution in [3.8, 4) is 0 Å². The average molecular weight is 331 g/mol. The summed E-state index contributed by atoms with van der Waals surface area (Å²) < 4.78 is 27.0. The second-order valence-electron chi connectivity index (χ2n) is 6.29. The minimum atomic E-state index is -0.456. The summed E-state index contributed by atoms with van der Waals surface area (Å²) in [5, 5.41) is 0. The molecular formula is C16H21ClF2N2O. The number of nitrogens with two attached hydrogens (primary N) is 1. The van der Waals surface area contributed by atoms with Crippen molar-refractivity contribution in [1.82, 2.24) is 4.90 Å². The molecule has 6 heteroatoms. The smallest absolute Gasteiger partial charge is 0.226 e. The number of carbonyl (C=O) groups is 1. The first-order chi connectivity index (χ1) is 10.0. The number of likely N-dealkylation sites (tertiary alicyclic amines) is 1. The number of carbonyl (C=O) groups excluding carboxylic acids is 1. The van der Waals surface area contributed by atoms with E-state index in [-0.39, 0.29) is 36.2 Å². The lowest BCUT2D eigenvalue weighted by atomic mass is 10.1. The fourth-order valence-corrected chi connectivity index (χ4v) is 3.44. The van der Waals surface area contributed by atoms with Gasteiger partial charge in [0.1, 0.15) is 11.6 Å². The fourth-order valence-electron chi connectivity index (χ4n) is 3.44. The molecule has 0 radical (unpaired) electrons. The van der Waals surface area contributed by atoms with Crippen LogP contribution >= 0.6 is 12.4 Å². The van der Waals surface area contributed by atoms with Gasteiger partial charge in [-0.05, 0) is 61.9 Å². The van der Waals surface area contributed by atoms with Gasteiger partial charge in [0.2, 0.25) is 5.91 Å². The molecule has 3 nitrogen and oxygen atoms in total. The molecule has 122 valence electrons. The zero-order valence-electron chi connectivity index (χ0n) is 12.5. The summed E-state index contributed by atoms with van der Waals surface area (Å²) in [6.07, 6.45) is 1.53. The zero-order chi connectivity index (χ0) is 15.1. The molecular weight excluding hydrogens is 310 g/mol. The highest BCUT2D eigenvalue weighted by Crippen LogP contribution is 2.50. The first-order valence-corrected chi connectivity index (χ1v) is 7.46. The molecule has 0 spiro atoms. The van der Waals surface area contributed by atoms with Crippen molar-refractivity contribution in [2.24, 2.45) is 17.6 Å². The molecule has 1 aromatic rings. The molecule has 4 atom stereocenters. The summed E-state index contributed by atoms with van der Waals surface area (Å²) in [7, 11) is 0. The van der Waals surface area contributed by atoms with Crippen LogP contribution in [0.3, 0.4) is 0 Å². The number of halogens is 3. The lowest BCUT2D eigenvalue weighted by Gasteiger charge is -2.21. The molecule has 3 rings (SSSR count). The van der Waals surface area contributed by atoms with E-state index >= 15 is 0 Å². The van der Waals surface area contributed by atoms with Crippen LogP contribution < -0.4 is 5.73 Å². The maximum absolute atomic E-state index is 13.8. The van der Waals surface area contributed by atoms with Crippen LogP contribution in [0, 0.1) is 23.5 Å². The van der Waals surface area contributed by atoms with E-state index in [0.717, 1.165) is 18.6 Å². The molecule has 4 unspecified atom stereocenters. The van der Waals surface area contributed by atoms with Crippen LogP contribution in [0.2, 0.25) is 0 Å². The van der Waals surface area contributed by atoms with Crippen LogP contribution in [0.15, 0.2) is 18.2 Å². The van der Waals surface area contributed by atoms with E-state index in [1.807, 2.05) is 11.8 Å². The Labute approximate surface area is 135 Å². The number of hydrogen-bond acceptors (Lipinski definition) is 2. The van der Waals surface area contributed by atoms with Crippen LogP contribution in [0.5, 0.6) is 0 Å². The number of rotatable bonds is 3. The third-order valence-electron chi connectivity index (χ3n) is 4.74. The van der Waals surface area contributed by atoms with E-state index in [1.165, 1.54) is 6.07 Å². The molecule has 1 aromatic carbocycles. The first kappa shape index (κ1) is 17.2. The quantitative estimate of drug-likeness (QED) is 0.926. The normalized spacial score (nSPS) is 30.1. The summed E-state index contributed by atoms with van der Waals surface area (Å²) in [6, 6.07) is 3.63. The molecule has 0 bridgehead atoms. The van der Waals surface area contributed by atoms with E-state index in [2.05, 4.69) is 0 Å². The second-order valence-corrected chi connectivity index (χ2v) is 6.29. The Hall–Kier alpha value is -1.20. The highest BCUT2D eigenvalue weighted by molar-refractivity contribution is 5.85. The van der Waals surface area contributed by atoms with Crippen molar-refractivity contribution in [3.63, 3.8) is 0 Å². The van der Waals surface area contributed by atoms with Gasteiger partial charge in [-0.15, -0.1) is 12.4 Å². The highest BCUT2D eigenvalue weighted by Gasteiger charge is 2.49. The van der Waals surface area contributed by atoms with Crippen LogP contribution in [-0.4, -0.2) is 29.9 Å². The van der Waals surface area contributed by atoms with Gasteiger partial charge in [-0.3, -0.25) is 4.79 Å². The summed E-state index contributed by atoms with van der Waals surface area (Å²) in [4.78, 5) is 14.4. The van der Waals surface area contributed by atoms with Gasteiger partial charge >= 0.3 is 0 Å². The van der Waals surface area contributed by atoms with Crippen molar-refractivity contribution in [3.05, 3.63) is 35.4 Å². The van der Waals surface area contributed by atoms with Crippen LogP contribution in [0.25, 0.3) is 0 Å². The molecule has 1 aliphatic carbocycles. The third-order valence-corrected chi connectivity index (χ3v) is 4.74. The lowest BCUT2D eigenvalue weighted by molar-refractivity contribution is -0.133. The third kappa shape index (κ3) is 3.10. The second kappa shape index (κ2) is 6.50. The Balaban J connectivity index is 0.00000176. The number of hydrogen-bond donors (Lipinski definition) is 1. The van der Waals surface area contributed by atoms with Gasteiger partial charge in [-0.25, -0.2) is 8.78 Å². The molecule has 2 aliphatic rings. The van der Waals surface area contributed by atoms with Crippen molar-refractivity contribution >= 4 is 18.3 Å². The average Bonchev–Trinajstić information content (AvgIpc) is 3.16. The predicted molar refractivity (Wildman–Crippen MR) is 82.8 cm³/mol. The Morgan fingerprint density at radius 2 is 2.09 bits per heavy atom. The SMILES string of the molecule is CC1CC(CN)CN1C(=O)C1CC1c1cc(F)ccc1F.Cl. The molecule has 1 aliphatic heterocycles. The fraction of sp³-hybridized carbons (Fsp3) is 0.562. The molecule has 2 fully saturated rings. The van der Waals surface area contributed by atoms with Gasteiger partial charge in [-0.2, -0.15) is 0 Å². The minimum Gasteiger partial charge on any atom is -0.339 e.